The zero-order valence-electron chi connectivity index (χ0n) is 16.3. The summed E-state index contributed by atoms with van der Waals surface area (Å²) >= 11 is 5.86. The van der Waals surface area contributed by atoms with Gasteiger partial charge in [-0.05, 0) is 24.1 Å². The largest absolute Gasteiger partial charge is 0.394 e. The number of amides is 2. The van der Waals surface area contributed by atoms with E-state index in [0.717, 1.165) is 6.07 Å². The second-order valence-corrected chi connectivity index (χ2v) is 8.46. The molecule has 31 heavy (non-hydrogen) atoms. The first kappa shape index (κ1) is 21.6. The number of primary amides is 1. The molecule has 7 nitrogen and oxygen atoms in total. The van der Waals surface area contributed by atoms with E-state index < -0.39 is 29.6 Å². The predicted octanol–water partition coefficient (Wildman–Crippen LogP) is 2.75. The van der Waals surface area contributed by atoms with E-state index >= 15 is 0 Å². The number of benzene rings is 1. The molecule has 2 aliphatic rings. The second-order valence-electron chi connectivity index (χ2n) is 8.05. The molecule has 1 aromatic heterocycles. The summed E-state index contributed by atoms with van der Waals surface area (Å²) < 4.78 is 41.2. The molecule has 166 valence electrons. The van der Waals surface area contributed by atoms with Crippen LogP contribution in [0.3, 0.4) is 0 Å². The lowest BCUT2D eigenvalue weighted by Gasteiger charge is -2.38. The molecule has 2 aromatic rings. The van der Waals surface area contributed by atoms with Crippen LogP contribution in [0.15, 0.2) is 18.2 Å². The molecule has 2 heterocycles. The lowest BCUT2D eigenvalue weighted by Crippen LogP contribution is -2.45. The van der Waals surface area contributed by atoms with Gasteiger partial charge in [-0.15, -0.1) is 0 Å². The SMILES string of the molecule is NC(=O)c1c(-c2ccc(F)c(Cl)c2)nn2c1CN(C(=O)CC1CC(F)(F)C1)C[C@@H]2CO. The molecule has 0 spiro atoms. The third kappa shape index (κ3) is 4.01. The van der Waals surface area contributed by atoms with E-state index in [2.05, 4.69) is 5.10 Å². The minimum Gasteiger partial charge on any atom is -0.394 e. The van der Waals surface area contributed by atoms with Crippen LogP contribution in [0.5, 0.6) is 0 Å². The minimum absolute atomic E-state index is 0.0152. The van der Waals surface area contributed by atoms with Crippen LogP contribution >= 0.6 is 11.6 Å². The van der Waals surface area contributed by atoms with Gasteiger partial charge in [0.25, 0.3) is 5.91 Å². The van der Waals surface area contributed by atoms with Crippen molar-refractivity contribution in [1.82, 2.24) is 14.7 Å². The third-order valence-corrected chi connectivity index (χ3v) is 6.06. The van der Waals surface area contributed by atoms with Gasteiger partial charge in [0, 0.05) is 31.4 Å². The van der Waals surface area contributed by atoms with Gasteiger partial charge in [-0.3, -0.25) is 14.3 Å². The number of aromatic nitrogens is 2. The molecule has 1 aliphatic heterocycles. The lowest BCUT2D eigenvalue weighted by atomic mass is 9.79. The van der Waals surface area contributed by atoms with E-state index in [1.807, 2.05) is 0 Å². The fraction of sp³-hybridized carbons (Fsp3) is 0.450. The van der Waals surface area contributed by atoms with Crippen LogP contribution in [0.1, 0.15) is 41.4 Å². The number of hydrogen-bond donors (Lipinski definition) is 2. The van der Waals surface area contributed by atoms with Crippen LogP contribution in [-0.4, -0.2) is 50.7 Å². The van der Waals surface area contributed by atoms with Crippen molar-refractivity contribution in [3.63, 3.8) is 0 Å². The summed E-state index contributed by atoms with van der Waals surface area (Å²) in [7, 11) is 0. The van der Waals surface area contributed by atoms with Gasteiger partial charge >= 0.3 is 0 Å². The van der Waals surface area contributed by atoms with Crippen LogP contribution in [0.4, 0.5) is 13.2 Å². The number of carbonyl (C=O) groups excluding carboxylic acids is 2. The van der Waals surface area contributed by atoms with E-state index in [1.54, 1.807) is 0 Å². The Labute approximate surface area is 180 Å². The minimum atomic E-state index is -2.72. The highest BCUT2D eigenvalue weighted by Crippen LogP contribution is 2.44. The first-order valence-corrected chi connectivity index (χ1v) is 10.1. The topological polar surface area (TPSA) is 101 Å². The molecule has 2 amide bonds. The Kier molecular flexibility index (Phi) is 5.47. The second kappa shape index (κ2) is 7.83. The highest BCUT2D eigenvalue weighted by molar-refractivity contribution is 6.31. The molecule has 4 rings (SSSR count). The highest BCUT2D eigenvalue weighted by atomic mass is 35.5. The van der Waals surface area contributed by atoms with Crippen LogP contribution in [0, 0.1) is 11.7 Å². The average Bonchev–Trinajstić information content (AvgIpc) is 3.07. The summed E-state index contributed by atoms with van der Waals surface area (Å²) in [6.45, 7) is -0.282. The molecule has 1 fully saturated rings. The lowest BCUT2D eigenvalue weighted by molar-refractivity contribution is -0.144. The number of nitrogens with zero attached hydrogens (tertiary/aromatic N) is 3. The van der Waals surface area contributed by atoms with E-state index in [9.17, 15) is 27.9 Å². The number of halogens is 4. The molecule has 1 atom stereocenters. The van der Waals surface area contributed by atoms with Gasteiger partial charge in [0.1, 0.15) is 11.5 Å². The summed E-state index contributed by atoms with van der Waals surface area (Å²) in [5, 5.41) is 14.1. The van der Waals surface area contributed by atoms with Gasteiger partial charge in [-0.2, -0.15) is 5.10 Å². The summed E-state index contributed by atoms with van der Waals surface area (Å²) in [5.74, 6) is -4.89. The number of nitrogens with two attached hydrogens (primary N) is 1. The number of aliphatic hydroxyl groups is 1. The predicted molar refractivity (Wildman–Crippen MR) is 105 cm³/mol. The maximum absolute atomic E-state index is 13.6. The Balaban J connectivity index is 1.67. The molecule has 0 unspecified atom stereocenters. The monoisotopic (exact) mass is 456 g/mol. The van der Waals surface area contributed by atoms with E-state index in [4.69, 9.17) is 17.3 Å². The normalized spacial score (nSPS) is 20.3. The van der Waals surface area contributed by atoms with Crippen LogP contribution in [0.25, 0.3) is 11.3 Å². The van der Waals surface area contributed by atoms with Crippen LogP contribution < -0.4 is 5.73 Å². The molecular weight excluding hydrogens is 437 g/mol. The fourth-order valence-corrected chi connectivity index (χ4v) is 4.42. The van der Waals surface area contributed by atoms with Crippen LogP contribution in [-0.2, 0) is 11.3 Å². The Hall–Kier alpha value is -2.59. The number of fused-ring (bicyclic) bond motifs is 1. The number of alkyl halides is 2. The molecule has 3 N–H and O–H groups in total. The first-order chi connectivity index (χ1) is 14.6. The first-order valence-electron chi connectivity index (χ1n) is 9.72. The highest BCUT2D eigenvalue weighted by Gasteiger charge is 2.46. The summed E-state index contributed by atoms with van der Waals surface area (Å²) in [6.07, 6.45) is -0.680. The van der Waals surface area contributed by atoms with Gasteiger partial charge < -0.3 is 15.7 Å². The Morgan fingerprint density at radius 3 is 2.61 bits per heavy atom. The van der Waals surface area contributed by atoms with Crippen molar-refractivity contribution in [3.05, 3.63) is 40.3 Å². The molecule has 0 saturated heterocycles. The molecule has 1 aromatic carbocycles. The van der Waals surface area contributed by atoms with Gasteiger partial charge in [-0.25, -0.2) is 13.2 Å². The van der Waals surface area contributed by atoms with Gasteiger partial charge in [0.2, 0.25) is 11.8 Å². The summed E-state index contributed by atoms with van der Waals surface area (Å²) in [5.41, 5.74) is 6.46. The Morgan fingerprint density at radius 1 is 1.32 bits per heavy atom. The van der Waals surface area contributed by atoms with Crippen LogP contribution in [0.2, 0.25) is 5.02 Å². The Bertz CT molecular complexity index is 1050. The summed E-state index contributed by atoms with van der Waals surface area (Å²) in [4.78, 5) is 26.4. The van der Waals surface area contributed by atoms with Crippen molar-refractivity contribution in [2.24, 2.45) is 11.7 Å². The van der Waals surface area contributed by atoms with Gasteiger partial charge in [0.15, 0.2) is 0 Å². The maximum Gasteiger partial charge on any atom is 0.252 e. The van der Waals surface area contributed by atoms with Gasteiger partial charge in [0.05, 0.1) is 35.5 Å². The van der Waals surface area contributed by atoms with Crippen molar-refractivity contribution in [2.75, 3.05) is 13.2 Å². The number of hydrogen-bond acceptors (Lipinski definition) is 4. The Morgan fingerprint density at radius 2 is 2.03 bits per heavy atom. The fourth-order valence-electron chi connectivity index (χ4n) is 4.23. The standard InChI is InChI=1S/C20H20ClF3N4O3/c21-13-4-11(1-2-14(13)22)18-17(19(25)31)15-8-27(7-12(9-29)28(15)26-18)16(30)3-10-5-20(23,24)6-10/h1-2,4,10,12,29H,3,5-9H2,(H2,25,31)/t12-/m1/s1. The number of rotatable bonds is 5. The van der Waals surface area contributed by atoms with E-state index in [-0.39, 0.29) is 61.1 Å². The van der Waals surface area contributed by atoms with Crippen molar-refractivity contribution in [3.8, 4) is 11.3 Å². The number of aliphatic hydroxyl groups excluding tert-OH is 1. The molecule has 0 bridgehead atoms. The molecule has 1 saturated carbocycles. The quantitative estimate of drug-likeness (QED) is 0.722. The van der Waals surface area contributed by atoms with Gasteiger partial charge in [-0.1, -0.05) is 11.6 Å². The maximum atomic E-state index is 13.6. The number of carbonyl (C=O) groups is 2. The van der Waals surface area contributed by atoms with Crippen molar-refractivity contribution < 1.29 is 27.9 Å². The average molecular weight is 457 g/mol. The molecular formula is C20H20ClF3N4O3. The zero-order valence-corrected chi connectivity index (χ0v) is 17.1. The summed E-state index contributed by atoms with van der Waals surface area (Å²) in [6, 6.07) is 3.19. The van der Waals surface area contributed by atoms with Crippen molar-refractivity contribution >= 4 is 23.4 Å². The van der Waals surface area contributed by atoms with E-state index in [1.165, 1.54) is 21.7 Å². The molecule has 0 radical (unpaired) electrons. The van der Waals surface area contributed by atoms with Crippen molar-refractivity contribution in [1.29, 1.82) is 0 Å². The zero-order chi connectivity index (χ0) is 22.5. The van der Waals surface area contributed by atoms with E-state index in [0.29, 0.717) is 11.3 Å². The molecule has 1 aliphatic carbocycles. The molecule has 11 heteroatoms. The third-order valence-electron chi connectivity index (χ3n) is 5.77. The van der Waals surface area contributed by atoms with Crippen molar-refractivity contribution in [2.45, 2.75) is 37.8 Å². The smallest absolute Gasteiger partial charge is 0.252 e.